The molecule has 0 aliphatic heterocycles. The van der Waals surface area contributed by atoms with Crippen molar-refractivity contribution in [2.24, 2.45) is 5.92 Å². The standard InChI is InChI=1S/C16H18F4O/c1-8-4-5-11(21)7-12(8)13-14(16(18,19)20)9(2)6-10(3)15(13)17/h6,8,12H,4-5,7H2,1-3H3. The van der Waals surface area contributed by atoms with Crippen LogP contribution in [0.15, 0.2) is 6.07 Å². The molecule has 1 nitrogen and oxygen atoms in total. The van der Waals surface area contributed by atoms with Crippen LogP contribution in [0.2, 0.25) is 0 Å². The van der Waals surface area contributed by atoms with Crippen LogP contribution in [-0.2, 0) is 11.0 Å². The van der Waals surface area contributed by atoms with E-state index in [-0.39, 0.29) is 34.8 Å². The first-order valence-corrected chi connectivity index (χ1v) is 7.01. The Hall–Kier alpha value is -1.39. The molecule has 0 saturated heterocycles. The fraction of sp³-hybridized carbons (Fsp3) is 0.562. The Bertz CT molecular complexity index is 575. The van der Waals surface area contributed by atoms with Gasteiger partial charge in [0.05, 0.1) is 5.56 Å². The highest BCUT2D eigenvalue weighted by atomic mass is 19.4. The van der Waals surface area contributed by atoms with E-state index in [1.165, 1.54) is 19.9 Å². The molecule has 5 heteroatoms. The number of alkyl halides is 3. The van der Waals surface area contributed by atoms with Gasteiger partial charge in [-0.05, 0) is 43.2 Å². The largest absolute Gasteiger partial charge is 0.417 e. The Kier molecular flexibility index (Phi) is 4.13. The summed E-state index contributed by atoms with van der Waals surface area (Å²) in [5.74, 6) is -1.75. The Morgan fingerprint density at radius 3 is 2.38 bits per heavy atom. The SMILES string of the molecule is Cc1cc(C)c(C(F)(F)F)c(C2CC(=O)CCC2C)c1F. The van der Waals surface area contributed by atoms with E-state index in [4.69, 9.17) is 0 Å². The van der Waals surface area contributed by atoms with Crippen LogP contribution in [0.3, 0.4) is 0 Å². The average Bonchev–Trinajstić information content (AvgIpc) is 2.35. The second-order valence-electron chi connectivity index (χ2n) is 5.98. The molecule has 0 bridgehead atoms. The van der Waals surface area contributed by atoms with Gasteiger partial charge in [0.2, 0.25) is 0 Å². The molecule has 1 aromatic rings. The third-order valence-electron chi connectivity index (χ3n) is 4.35. The monoisotopic (exact) mass is 302 g/mol. The summed E-state index contributed by atoms with van der Waals surface area (Å²) in [4.78, 5) is 11.6. The maximum absolute atomic E-state index is 14.4. The first-order chi connectivity index (χ1) is 9.62. The minimum atomic E-state index is -4.62. The van der Waals surface area contributed by atoms with Crippen LogP contribution in [-0.4, -0.2) is 5.78 Å². The molecule has 0 heterocycles. The summed E-state index contributed by atoms with van der Waals surface area (Å²) in [6, 6.07) is 1.22. The van der Waals surface area contributed by atoms with Gasteiger partial charge >= 0.3 is 6.18 Å². The lowest BCUT2D eigenvalue weighted by atomic mass is 9.73. The molecule has 2 unspecified atom stereocenters. The van der Waals surface area contributed by atoms with Gasteiger partial charge in [0.15, 0.2) is 0 Å². The number of aryl methyl sites for hydroxylation is 2. The maximum atomic E-state index is 14.4. The third-order valence-corrected chi connectivity index (χ3v) is 4.35. The zero-order valence-corrected chi connectivity index (χ0v) is 12.3. The van der Waals surface area contributed by atoms with E-state index in [0.29, 0.717) is 12.8 Å². The molecule has 0 N–H and O–H groups in total. The van der Waals surface area contributed by atoms with Crippen molar-refractivity contribution in [2.75, 3.05) is 0 Å². The molecule has 0 radical (unpaired) electrons. The van der Waals surface area contributed by atoms with E-state index >= 15 is 0 Å². The fourth-order valence-corrected chi connectivity index (χ4v) is 3.24. The lowest BCUT2D eigenvalue weighted by molar-refractivity contribution is -0.139. The molecule has 1 aliphatic rings. The molecule has 0 spiro atoms. The summed E-state index contributed by atoms with van der Waals surface area (Å²) < 4.78 is 54.5. The first-order valence-electron chi connectivity index (χ1n) is 7.01. The summed E-state index contributed by atoms with van der Waals surface area (Å²) in [5, 5.41) is 0. The quantitative estimate of drug-likeness (QED) is 0.672. The molecule has 1 aliphatic carbocycles. The predicted molar refractivity (Wildman–Crippen MR) is 71.6 cm³/mol. The van der Waals surface area contributed by atoms with Gasteiger partial charge in [0.1, 0.15) is 11.6 Å². The molecule has 1 fully saturated rings. The normalized spacial score (nSPS) is 23.5. The summed E-state index contributed by atoms with van der Waals surface area (Å²) in [5.41, 5.74) is -1.01. The van der Waals surface area contributed by atoms with Crippen molar-refractivity contribution >= 4 is 5.78 Å². The van der Waals surface area contributed by atoms with E-state index in [2.05, 4.69) is 0 Å². The molecular formula is C16H18F4O. The van der Waals surface area contributed by atoms with Gasteiger partial charge in [-0.15, -0.1) is 0 Å². The van der Waals surface area contributed by atoms with E-state index in [1.807, 2.05) is 0 Å². The number of rotatable bonds is 1. The van der Waals surface area contributed by atoms with Crippen LogP contribution in [0.1, 0.15) is 54.4 Å². The minimum absolute atomic E-state index is 0.00986. The van der Waals surface area contributed by atoms with Gasteiger partial charge in [-0.25, -0.2) is 4.39 Å². The smallest absolute Gasteiger partial charge is 0.300 e. The molecule has 2 rings (SSSR count). The molecule has 0 aromatic heterocycles. The number of ketones is 1. The molecule has 116 valence electrons. The molecule has 1 saturated carbocycles. The van der Waals surface area contributed by atoms with E-state index < -0.39 is 23.5 Å². The highest BCUT2D eigenvalue weighted by Crippen LogP contribution is 2.45. The van der Waals surface area contributed by atoms with Crippen molar-refractivity contribution < 1.29 is 22.4 Å². The highest BCUT2D eigenvalue weighted by molar-refractivity contribution is 5.80. The lowest BCUT2D eigenvalue weighted by Gasteiger charge is -2.31. The summed E-state index contributed by atoms with van der Waals surface area (Å²) in [7, 11) is 0. The van der Waals surface area contributed by atoms with E-state index in [1.54, 1.807) is 6.92 Å². The van der Waals surface area contributed by atoms with Gasteiger partial charge < -0.3 is 0 Å². The Balaban J connectivity index is 2.68. The van der Waals surface area contributed by atoms with Gasteiger partial charge in [-0.3, -0.25) is 4.79 Å². The van der Waals surface area contributed by atoms with Crippen molar-refractivity contribution in [1.82, 2.24) is 0 Å². The van der Waals surface area contributed by atoms with E-state index in [9.17, 15) is 22.4 Å². The predicted octanol–water partition coefficient (Wildman–Crippen LogP) is 4.93. The van der Waals surface area contributed by atoms with E-state index in [0.717, 1.165) is 0 Å². The second-order valence-corrected chi connectivity index (χ2v) is 5.98. The summed E-state index contributed by atoms with van der Waals surface area (Å²) in [6.07, 6.45) is -3.75. The number of halogens is 4. The number of carbonyl (C=O) groups is 1. The Morgan fingerprint density at radius 2 is 1.81 bits per heavy atom. The van der Waals surface area contributed by atoms with Gasteiger partial charge in [0.25, 0.3) is 0 Å². The van der Waals surface area contributed by atoms with Crippen molar-refractivity contribution in [3.8, 4) is 0 Å². The zero-order chi connectivity index (χ0) is 15.9. The van der Waals surface area contributed by atoms with Crippen LogP contribution in [0.25, 0.3) is 0 Å². The lowest BCUT2D eigenvalue weighted by Crippen LogP contribution is -2.26. The Labute approximate surface area is 121 Å². The summed E-state index contributed by atoms with van der Waals surface area (Å²) >= 11 is 0. The van der Waals surface area contributed by atoms with Gasteiger partial charge in [0, 0.05) is 18.4 Å². The molecular weight excluding hydrogens is 284 g/mol. The maximum Gasteiger partial charge on any atom is 0.417 e. The summed E-state index contributed by atoms with van der Waals surface area (Å²) in [6.45, 7) is 4.59. The third kappa shape index (κ3) is 2.97. The van der Waals surface area contributed by atoms with Crippen LogP contribution >= 0.6 is 0 Å². The highest BCUT2D eigenvalue weighted by Gasteiger charge is 2.41. The number of benzene rings is 1. The Morgan fingerprint density at radius 1 is 1.19 bits per heavy atom. The molecule has 1 aromatic carbocycles. The average molecular weight is 302 g/mol. The molecule has 21 heavy (non-hydrogen) atoms. The van der Waals surface area contributed by atoms with Crippen molar-refractivity contribution in [3.05, 3.63) is 34.1 Å². The first kappa shape index (κ1) is 16.0. The number of hydrogen-bond donors (Lipinski definition) is 0. The molecule has 2 atom stereocenters. The van der Waals surface area contributed by atoms with Crippen molar-refractivity contribution in [3.63, 3.8) is 0 Å². The zero-order valence-electron chi connectivity index (χ0n) is 12.3. The number of Topliss-reactive ketones (excluding diaryl/α,β-unsaturated/α-hetero) is 1. The number of carbonyl (C=O) groups excluding carboxylic acids is 1. The molecule has 0 amide bonds. The van der Waals surface area contributed by atoms with Crippen LogP contribution < -0.4 is 0 Å². The second kappa shape index (κ2) is 5.43. The topological polar surface area (TPSA) is 17.1 Å². The van der Waals surface area contributed by atoms with Crippen molar-refractivity contribution in [2.45, 2.75) is 52.1 Å². The fourth-order valence-electron chi connectivity index (χ4n) is 3.24. The van der Waals surface area contributed by atoms with Crippen LogP contribution in [0.5, 0.6) is 0 Å². The van der Waals surface area contributed by atoms with Gasteiger partial charge in [-0.2, -0.15) is 13.2 Å². The number of hydrogen-bond acceptors (Lipinski definition) is 1. The minimum Gasteiger partial charge on any atom is -0.300 e. The van der Waals surface area contributed by atoms with Gasteiger partial charge in [-0.1, -0.05) is 13.0 Å². The van der Waals surface area contributed by atoms with Crippen LogP contribution in [0.4, 0.5) is 17.6 Å². The van der Waals surface area contributed by atoms with Crippen LogP contribution in [0, 0.1) is 25.6 Å². The van der Waals surface area contributed by atoms with Crippen molar-refractivity contribution in [1.29, 1.82) is 0 Å².